The van der Waals surface area contributed by atoms with Crippen molar-refractivity contribution in [1.29, 1.82) is 0 Å². The van der Waals surface area contributed by atoms with Crippen molar-refractivity contribution in [3.63, 3.8) is 0 Å². The van der Waals surface area contributed by atoms with E-state index >= 15 is 0 Å². The van der Waals surface area contributed by atoms with Gasteiger partial charge in [-0.3, -0.25) is 4.79 Å². The molecule has 0 saturated heterocycles. The molecule has 0 aliphatic rings. The highest BCUT2D eigenvalue weighted by Crippen LogP contribution is 2.10. The fourth-order valence-electron chi connectivity index (χ4n) is 1.24. The summed E-state index contributed by atoms with van der Waals surface area (Å²) in [4.78, 5) is 37.2. The number of nitrogens with zero attached hydrogens (tertiary/aromatic N) is 5. The second-order valence-electron chi connectivity index (χ2n) is 2.80. The van der Waals surface area contributed by atoms with E-state index < -0.39 is 28.1 Å². The summed E-state index contributed by atoms with van der Waals surface area (Å²) in [5.41, 5.74) is -4.06. The molecule has 0 radical (unpaired) electrons. The minimum absolute atomic E-state index is 0. The van der Waals surface area contributed by atoms with Crippen LogP contribution in [0.4, 0.5) is 0 Å². The van der Waals surface area contributed by atoms with Gasteiger partial charge in [-0.2, -0.15) is 18.8 Å². The van der Waals surface area contributed by atoms with E-state index in [0.29, 0.717) is 12.3 Å². The molecule has 0 amide bonds. The quantitative estimate of drug-likeness (QED) is 0.581. The molecule has 2 rings (SSSR count). The van der Waals surface area contributed by atoms with E-state index in [9.17, 15) is 14.4 Å². The SMILES string of the molecule is O.[C-]#[N+]n1c(=O)c2c(n(Cl)c1=O)n(Cl)c(=O)n2Cl. The summed E-state index contributed by atoms with van der Waals surface area (Å²) in [5, 5.41) is 0. The van der Waals surface area contributed by atoms with Gasteiger partial charge >= 0.3 is 16.9 Å². The zero-order valence-electron chi connectivity index (χ0n) is 8.09. The summed E-state index contributed by atoms with van der Waals surface area (Å²) in [5.74, 6) is 0. The minimum atomic E-state index is -1.14. The maximum Gasteiger partial charge on any atom is 0.416 e. The molecule has 2 N–H and O–H groups in total. The van der Waals surface area contributed by atoms with Crippen LogP contribution in [-0.4, -0.2) is 22.4 Å². The fourth-order valence-corrected chi connectivity index (χ4v) is 2.00. The van der Waals surface area contributed by atoms with Gasteiger partial charge in [-0.25, -0.2) is 9.59 Å². The van der Waals surface area contributed by atoms with Crippen molar-refractivity contribution in [3.05, 3.63) is 42.8 Å². The van der Waals surface area contributed by atoms with Crippen molar-refractivity contribution < 1.29 is 5.48 Å². The molecular formula is C6H2Cl3N5O4. The molecule has 0 atom stereocenters. The van der Waals surface area contributed by atoms with E-state index in [1.54, 1.807) is 0 Å². The predicted molar refractivity (Wildman–Crippen MR) is 64.1 cm³/mol. The normalized spacial score (nSPS) is 10.1. The van der Waals surface area contributed by atoms with Gasteiger partial charge in [0.25, 0.3) is 0 Å². The summed E-state index contributed by atoms with van der Waals surface area (Å²) in [7, 11) is 0. The Kier molecular flexibility index (Phi) is 3.59. The highest BCUT2D eigenvalue weighted by Gasteiger charge is 2.24. The molecule has 0 bridgehead atoms. The molecular weight excluding hydrogens is 312 g/mol. The maximum absolute atomic E-state index is 11.7. The van der Waals surface area contributed by atoms with Crippen molar-refractivity contribution >= 4 is 46.5 Å². The topological polar surface area (TPSA) is 107 Å². The van der Waals surface area contributed by atoms with Gasteiger partial charge in [0.05, 0.1) is 4.68 Å². The zero-order chi connectivity index (χ0) is 12.9. The number of halogens is 3. The Morgan fingerprint density at radius 2 is 1.44 bits per heavy atom. The second kappa shape index (κ2) is 4.51. The minimum Gasteiger partial charge on any atom is -0.412 e. The van der Waals surface area contributed by atoms with Crippen molar-refractivity contribution in [1.82, 2.24) is 16.9 Å². The molecule has 0 unspecified atom stereocenters. The Hall–Kier alpha value is -1.73. The third-order valence-electron chi connectivity index (χ3n) is 1.96. The van der Waals surface area contributed by atoms with Crippen LogP contribution in [0.25, 0.3) is 16.1 Å². The summed E-state index contributed by atoms with van der Waals surface area (Å²) in [6.07, 6.45) is 0. The zero-order valence-corrected chi connectivity index (χ0v) is 10.4. The first kappa shape index (κ1) is 14.3. The molecule has 2 aromatic rings. The molecule has 18 heavy (non-hydrogen) atoms. The summed E-state index contributed by atoms with van der Waals surface area (Å²) >= 11 is 16.6. The first-order chi connectivity index (χ1) is 7.91. The van der Waals surface area contributed by atoms with Crippen molar-refractivity contribution in [3.8, 4) is 0 Å². The van der Waals surface area contributed by atoms with Crippen molar-refractivity contribution in [2.75, 3.05) is 0 Å². The first-order valence-electron chi connectivity index (χ1n) is 3.83. The number of fused-ring (bicyclic) bond motifs is 1. The third-order valence-corrected chi connectivity index (χ3v) is 2.88. The largest absolute Gasteiger partial charge is 0.416 e. The van der Waals surface area contributed by atoms with E-state index in [4.69, 9.17) is 41.9 Å². The van der Waals surface area contributed by atoms with Crippen LogP contribution >= 0.6 is 35.3 Å². The molecule has 2 heterocycles. The van der Waals surface area contributed by atoms with Crippen LogP contribution in [0.5, 0.6) is 0 Å². The average Bonchev–Trinajstić information content (AvgIpc) is 2.52. The van der Waals surface area contributed by atoms with Crippen molar-refractivity contribution in [2.24, 2.45) is 0 Å². The summed E-state index contributed by atoms with van der Waals surface area (Å²) in [6.45, 7) is 6.67. The Morgan fingerprint density at radius 1 is 0.944 bits per heavy atom. The second-order valence-corrected chi connectivity index (χ2v) is 3.81. The molecule has 0 aromatic carbocycles. The molecule has 0 spiro atoms. The lowest BCUT2D eigenvalue weighted by Crippen LogP contribution is -2.34. The monoisotopic (exact) mass is 313 g/mol. The van der Waals surface area contributed by atoms with E-state index in [-0.39, 0.29) is 10.2 Å². The lowest BCUT2D eigenvalue weighted by molar-refractivity contribution is 0.824. The number of hydrogen-bond acceptors (Lipinski definition) is 3. The van der Waals surface area contributed by atoms with Crippen LogP contribution in [0.15, 0.2) is 14.4 Å². The van der Waals surface area contributed by atoms with E-state index in [1.165, 1.54) is 0 Å². The van der Waals surface area contributed by atoms with Gasteiger partial charge in [0.1, 0.15) is 0 Å². The van der Waals surface area contributed by atoms with Crippen LogP contribution in [0.3, 0.4) is 0 Å². The molecule has 0 saturated carbocycles. The number of imidazole rings is 1. The maximum atomic E-state index is 11.7. The van der Waals surface area contributed by atoms with Crippen LogP contribution in [-0.2, 0) is 0 Å². The first-order valence-corrected chi connectivity index (χ1v) is 4.85. The van der Waals surface area contributed by atoms with Crippen molar-refractivity contribution in [2.45, 2.75) is 0 Å². The molecule has 0 fully saturated rings. The number of rotatable bonds is 0. The number of aromatic nitrogens is 4. The molecule has 96 valence electrons. The summed E-state index contributed by atoms with van der Waals surface area (Å²) in [6, 6.07) is 0. The lowest BCUT2D eigenvalue weighted by atomic mass is 10.5. The van der Waals surface area contributed by atoms with Gasteiger partial charge in [-0.1, -0.05) is 0 Å². The molecule has 9 nitrogen and oxygen atoms in total. The Labute approximate surface area is 112 Å². The van der Waals surface area contributed by atoms with Crippen LogP contribution in [0.1, 0.15) is 0 Å². The Morgan fingerprint density at radius 3 is 1.94 bits per heavy atom. The van der Waals surface area contributed by atoms with Gasteiger partial charge in [0.15, 0.2) is 11.2 Å². The molecule has 0 aliphatic carbocycles. The Balaban J connectivity index is 0.00000162. The smallest absolute Gasteiger partial charge is 0.412 e. The predicted octanol–water partition coefficient (Wildman–Crippen LogP) is -1.01. The van der Waals surface area contributed by atoms with Gasteiger partial charge in [0.2, 0.25) is 0 Å². The van der Waals surface area contributed by atoms with E-state index in [0.717, 1.165) is 0 Å². The van der Waals surface area contributed by atoms with Crippen LogP contribution < -0.4 is 16.9 Å². The van der Waals surface area contributed by atoms with E-state index in [2.05, 4.69) is 4.95 Å². The van der Waals surface area contributed by atoms with Gasteiger partial charge in [-0.05, 0) is 0 Å². The third kappa shape index (κ3) is 1.55. The van der Waals surface area contributed by atoms with Crippen LogP contribution in [0.2, 0.25) is 0 Å². The van der Waals surface area contributed by atoms with E-state index in [1.807, 2.05) is 0 Å². The van der Waals surface area contributed by atoms with Gasteiger partial charge < -0.3 is 5.48 Å². The average molecular weight is 314 g/mol. The molecule has 12 heteroatoms. The standard InChI is InChI=1S/C6Cl3N5O3.H2O/c1-10-14-4(15)2-3(13(9)6(14)17)12(8)5(16)11(2)7;/h;1H2. The highest BCUT2D eigenvalue weighted by molar-refractivity contribution is 6.25. The molecule has 0 aliphatic heterocycles. The van der Waals surface area contributed by atoms with Gasteiger partial charge in [-0.15, -0.1) is 4.95 Å². The van der Waals surface area contributed by atoms with Gasteiger partial charge in [0, 0.05) is 35.3 Å². The lowest BCUT2D eigenvalue weighted by Gasteiger charge is -1.96. The highest BCUT2D eigenvalue weighted by atomic mass is 35.5. The summed E-state index contributed by atoms with van der Waals surface area (Å²) < 4.78 is 1.28. The fraction of sp³-hybridized carbons (Fsp3) is 0. The molecule has 2 aromatic heterocycles. The Bertz CT molecular complexity index is 850. The van der Waals surface area contributed by atoms with Crippen LogP contribution in [0, 0.1) is 6.57 Å². The number of hydrogen-bond donors (Lipinski definition) is 0.